The highest BCUT2D eigenvalue weighted by atomic mass is 32.2. The summed E-state index contributed by atoms with van der Waals surface area (Å²) in [5, 5.41) is 3.92. The van der Waals surface area contributed by atoms with Gasteiger partial charge in [0, 0.05) is 23.9 Å². The lowest BCUT2D eigenvalue weighted by atomic mass is 9.48. The van der Waals surface area contributed by atoms with E-state index in [9.17, 15) is 9.59 Å². The van der Waals surface area contributed by atoms with Crippen LogP contribution in [0.4, 0.5) is 0 Å². The fourth-order valence-electron chi connectivity index (χ4n) is 6.68. The third-order valence-corrected chi connectivity index (χ3v) is 8.60. The van der Waals surface area contributed by atoms with Crippen LogP contribution in [-0.2, 0) is 16.0 Å². The molecule has 0 spiro atoms. The van der Waals surface area contributed by atoms with Gasteiger partial charge in [-0.3, -0.25) is 9.59 Å². The van der Waals surface area contributed by atoms with Crippen molar-refractivity contribution < 1.29 is 9.59 Å². The van der Waals surface area contributed by atoms with Gasteiger partial charge in [-0.15, -0.1) is 0 Å². The highest BCUT2D eigenvalue weighted by Crippen LogP contribution is 2.61. The summed E-state index contributed by atoms with van der Waals surface area (Å²) in [5.74, 6) is 2.59. The Morgan fingerprint density at radius 1 is 1.10 bits per heavy atom. The van der Waals surface area contributed by atoms with Crippen molar-refractivity contribution >= 4 is 23.6 Å². The number of hydrogen-bond acceptors (Lipinski definition) is 5. The molecule has 0 aliphatic heterocycles. The van der Waals surface area contributed by atoms with Crippen LogP contribution < -0.4 is 11.1 Å². The average Bonchev–Trinajstić information content (AvgIpc) is 2.64. The minimum atomic E-state index is -0.382. The van der Waals surface area contributed by atoms with Crippen molar-refractivity contribution in [1.29, 1.82) is 0 Å². The van der Waals surface area contributed by atoms with Crippen LogP contribution in [0.3, 0.4) is 0 Å². The SMILES string of the molecule is Cc1nc(SCC(N)=O)nc(C)c1CCC(=O)N[C@H](C)C12CC3CC(CC(C3)C1)C2. The lowest BCUT2D eigenvalue weighted by Crippen LogP contribution is -2.55. The summed E-state index contributed by atoms with van der Waals surface area (Å²) >= 11 is 1.25. The zero-order chi connectivity index (χ0) is 21.5. The fourth-order valence-corrected chi connectivity index (χ4v) is 7.36. The Labute approximate surface area is 183 Å². The number of aromatic nitrogens is 2. The van der Waals surface area contributed by atoms with Gasteiger partial charge in [-0.25, -0.2) is 9.97 Å². The molecule has 0 unspecified atom stereocenters. The highest BCUT2D eigenvalue weighted by molar-refractivity contribution is 7.99. The van der Waals surface area contributed by atoms with E-state index in [0.717, 1.165) is 34.7 Å². The quantitative estimate of drug-likeness (QED) is 0.487. The normalized spacial score (nSPS) is 30.3. The molecule has 0 aromatic carbocycles. The molecule has 1 heterocycles. The predicted molar refractivity (Wildman–Crippen MR) is 118 cm³/mol. The van der Waals surface area contributed by atoms with Gasteiger partial charge in [0.05, 0.1) is 5.75 Å². The summed E-state index contributed by atoms with van der Waals surface area (Å²) in [4.78, 5) is 32.7. The van der Waals surface area contributed by atoms with E-state index in [1.165, 1.54) is 50.3 Å². The first kappa shape index (κ1) is 21.6. The topological polar surface area (TPSA) is 98.0 Å². The molecule has 3 N–H and O–H groups in total. The van der Waals surface area contributed by atoms with E-state index in [4.69, 9.17) is 5.73 Å². The fraction of sp³-hybridized carbons (Fsp3) is 0.739. The number of nitrogens with two attached hydrogens (primary N) is 1. The molecular weight excluding hydrogens is 396 g/mol. The van der Waals surface area contributed by atoms with E-state index in [1.807, 2.05) is 13.8 Å². The maximum Gasteiger partial charge on any atom is 0.227 e. The van der Waals surface area contributed by atoms with Crippen molar-refractivity contribution in [2.75, 3.05) is 5.75 Å². The molecule has 7 heteroatoms. The number of amides is 2. The van der Waals surface area contributed by atoms with Crippen LogP contribution in [-0.4, -0.2) is 33.6 Å². The van der Waals surface area contributed by atoms with Gasteiger partial charge < -0.3 is 11.1 Å². The molecule has 1 aromatic rings. The molecule has 6 nitrogen and oxygen atoms in total. The third kappa shape index (κ3) is 4.51. The number of primary amides is 1. The Bertz CT molecular complexity index is 782. The predicted octanol–water partition coefficient (Wildman–Crippen LogP) is 3.32. The molecule has 4 aliphatic rings. The van der Waals surface area contributed by atoms with Gasteiger partial charge in [-0.05, 0) is 94.4 Å². The van der Waals surface area contributed by atoms with Gasteiger partial charge in [-0.2, -0.15) is 0 Å². The van der Waals surface area contributed by atoms with Gasteiger partial charge in [0.1, 0.15) is 0 Å². The largest absolute Gasteiger partial charge is 0.369 e. The summed E-state index contributed by atoms with van der Waals surface area (Å²) in [6.45, 7) is 6.11. The van der Waals surface area contributed by atoms with E-state index < -0.39 is 0 Å². The van der Waals surface area contributed by atoms with E-state index in [-0.39, 0.29) is 23.6 Å². The number of carbonyl (C=O) groups is 2. The molecule has 30 heavy (non-hydrogen) atoms. The van der Waals surface area contributed by atoms with Crippen molar-refractivity contribution in [3.63, 3.8) is 0 Å². The number of rotatable bonds is 8. The summed E-state index contributed by atoms with van der Waals surface area (Å²) in [6, 6.07) is 0.254. The van der Waals surface area contributed by atoms with Crippen molar-refractivity contribution in [3.05, 3.63) is 17.0 Å². The second-order valence-electron chi connectivity index (χ2n) is 9.98. The van der Waals surface area contributed by atoms with E-state index in [1.54, 1.807) is 0 Å². The Balaban J connectivity index is 1.33. The van der Waals surface area contributed by atoms with Crippen molar-refractivity contribution in [3.8, 4) is 0 Å². The van der Waals surface area contributed by atoms with Gasteiger partial charge >= 0.3 is 0 Å². The van der Waals surface area contributed by atoms with Crippen LogP contribution in [0.15, 0.2) is 5.16 Å². The maximum atomic E-state index is 12.8. The van der Waals surface area contributed by atoms with Crippen LogP contribution in [0.2, 0.25) is 0 Å². The van der Waals surface area contributed by atoms with E-state index >= 15 is 0 Å². The number of carbonyl (C=O) groups excluding carboxylic acids is 2. The van der Waals surface area contributed by atoms with Crippen molar-refractivity contribution in [2.45, 2.75) is 83.3 Å². The molecule has 164 valence electrons. The molecule has 0 saturated heterocycles. The second kappa shape index (κ2) is 8.48. The lowest BCUT2D eigenvalue weighted by molar-refractivity contribution is -0.125. The van der Waals surface area contributed by atoms with Crippen molar-refractivity contribution in [2.24, 2.45) is 28.9 Å². The van der Waals surface area contributed by atoms with E-state index in [0.29, 0.717) is 23.4 Å². The average molecular weight is 431 g/mol. The number of aryl methyl sites for hydroxylation is 2. The van der Waals surface area contributed by atoms with Gasteiger partial charge in [0.2, 0.25) is 11.8 Å². The Morgan fingerprint density at radius 2 is 1.63 bits per heavy atom. The zero-order valence-electron chi connectivity index (χ0n) is 18.4. The third-order valence-electron chi connectivity index (χ3n) is 7.73. The highest BCUT2D eigenvalue weighted by Gasteiger charge is 2.53. The first-order valence-corrected chi connectivity index (χ1v) is 12.3. The number of hydrogen-bond donors (Lipinski definition) is 2. The molecule has 4 aliphatic carbocycles. The zero-order valence-corrected chi connectivity index (χ0v) is 19.2. The Kier molecular flexibility index (Phi) is 6.11. The van der Waals surface area contributed by atoms with Gasteiger partial charge in [0.15, 0.2) is 5.16 Å². The molecule has 5 rings (SSSR count). The van der Waals surface area contributed by atoms with Crippen LogP contribution in [0.1, 0.15) is 68.8 Å². The molecule has 1 atom stereocenters. The van der Waals surface area contributed by atoms with Crippen LogP contribution in [0.5, 0.6) is 0 Å². The minimum absolute atomic E-state index is 0.129. The lowest BCUT2D eigenvalue weighted by Gasteiger charge is -2.59. The van der Waals surface area contributed by atoms with Crippen LogP contribution in [0, 0.1) is 37.0 Å². The molecule has 4 saturated carbocycles. The van der Waals surface area contributed by atoms with Crippen LogP contribution >= 0.6 is 11.8 Å². The minimum Gasteiger partial charge on any atom is -0.369 e. The summed E-state index contributed by atoms with van der Waals surface area (Å²) in [7, 11) is 0. The monoisotopic (exact) mass is 430 g/mol. The molecular formula is C23H34N4O2S. The van der Waals surface area contributed by atoms with Gasteiger partial charge in [0.25, 0.3) is 0 Å². The molecule has 4 fully saturated rings. The standard InChI is InChI=1S/C23H34N4O2S/c1-13-19(14(2)26-22(25-13)30-12-20(24)28)4-5-21(29)27-15(3)23-9-16-6-17(10-23)8-18(7-16)11-23/h15-18H,4-12H2,1-3H3,(H2,24,28)(H,27,29)/t15-,16?,17?,18?,23?/m1/s1. The number of nitrogens with zero attached hydrogens (tertiary/aromatic N) is 2. The number of thioether (sulfide) groups is 1. The second-order valence-corrected chi connectivity index (χ2v) is 10.9. The Morgan fingerprint density at radius 3 is 2.13 bits per heavy atom. The van der Waals surface area contributed by atoms with E-state index in [2.05, 4.69) is 22.2 Å². The smallest absolute Gasteiger partial charge is 0.227 e. The molecule has 1 aromatic heterocycles. The Hall–Kier alpha value is -1.63. The van der Waals surface area contributed by atoms with Gasteiger partial charge in [-0.1, -0.05) is 11.8 Å². The first-order valence-electron chi connectivity index (χ1n) is 11.3. The summed E-state index contributed by atoms with van der Waals surface area (Å²) in [6.07, 6.45) is 9.27. The molecule has 0 radical (unpaired) electrons. The maximum absolute atomic E-state index is 12.8. The first-order chi connectivity index (χ1) is 14.2. The van der Waals surface area contributed by atoms with Crippen molar-refractivity contribution in [1.82, 2.24) is 15.3 Å². The molecule has 2 amide bonds. The summed E-state index contributed by atoms with van der Waals surface area (Å²) < 4.78 is 0. The molecule has 4 bridgehead atoms. The van der Waals surface area contributed by atoms with Crippen LogP contribution in [0.25, 0.3) is 0 Å². The summed E-state index contributed by atoms with van der Waals surface area (Å²) in [5.41, 5.74) is 8.30. The number of nitrogens with one attached hydrogen (secondary N) is 1.